The van der Waals surface area contributed by atoms with Crippen LogP contribution in [0.5, 0.6) is 0 Å². The molecule has 2 aromatic heterocycles. The Hall–Kier alpha value is -3.32. The molecule has 6 nitrogen and oxygen atoms in total. The van der Waals surface area contributed by atoms with Gasteiger partial charge in [0.1, 0.15) is 5.76 Å². The number of thioether (sulfide) groups is 1. The molecule has 30 heavy (non-hydrogen) atoms. The van der Waals surface area contributed by atoms with Crippen LogP contribution in [0.2, 0.25) is 0 Å². The van der Waals surface area contributed by atoms with Crippen LogP contribution in [0.4, 0.5) is 0 Å². The van der Waals surface area contributed by atoms with Gasteiger partial charge in [-0.05, 0) is 61.4 Å². The summed E-state index contributed by atoms with van der Waals surface area (Å²) in [5.41, 5.74) is 3.43. The van der Waals surface area contributed by atoms with Crippen LogP contribution in [-0.2, 0) is 11.3 Å². The molecule has 0 saturated carbocycles. The maximum absolute atomic E-state index is 13.3. The molecule has 4 rings (SSSR count). The van der Waals surface area contributed by atoms with Crippen LogP contribution in [0.15, 0.2) is 75.2 Å². The Bertz CT molecular complexity index is 1260. The third-order valence-electron chi connectivity index (χ3n) is 4.87. The first kappa shape index (κ1) is 20.0. The summed E-state index contributed by atoms with van der Waals surface area (Å²) in [6.07, 6.45) is 1.57. The fraction of sp³-hybridized carbons (Fsp3) is 0.174. The zero-order valence-electron chi connectivity index (χ0n) is 16.7. The second kappa shape index (κ2) is 8.59. The van der Waals surface area contributed by atoms with Crippen molar-refractivity contribution in [2.45, 2.75) is 25.5 Å². The van der Waals surface area contributed by atoms with Gasteiger partial charge in [0.15, 0.2) is 5.16 Å². The standard InChI is InChI=1S/C23H21N3O3S/c1-15-9-10-17(12-16(15)2)26-22(28)19-7-3-4-8-20(19)25-23(26)30-14-21(27)24-13-18-6-5-11-29-18/h3-12H,13-14H2,1-2H3,(H,24,27). The number of benzene rings is 2. The summed E-state index contributed by atoms with van der Waals surface area (Å²) in [4.78, 5) is 30.3. The van der Waals surface area contributed by atoms with Crippen LogP contribution in [0.25, 0.3) is 16.6 Å². The van der Waals surface area contributed by atoms with E-state index < -0.39 is 0 Å². The zero-order chi connectivity index (χ0) is 21.1. The first-order valence-electron chi connectivity index (χ1n) is 9.54. The first-order chi connectivity index (χ1) is 14.5. The largest absolute Gasteiger partial charge is 0.467 e. The SMILES string of the molecule is Cc1ccc(-n2c(SCC(=O)NCc3ccco3)nc3ccccc3c2=O)cc1C. The van der Waals surface area contributed by atoms with E-state index in [-0.39, 0.29) is 17.2 Å². The number of aromatic nitrogens is 2. The Labute approximate surface area is 177 Å². The molecule has 2 aromatic carbocycles. The molecule has 152 valence electrons. The van der Waals surface area contributed by atoms with Gasteiger partial charge in [0.2, 0.25) is 5.91 Å². The number of rotatable bonds is 6. The number of carbonyl (C=O) groups is 1. The molecule has 1 amide bonds. The van der Waals surface area contributed by atoms with E-state index in [1.54, 1.807) is 29.0 Å². The van der Waals surface area contributed by atoms with Gasteiger partial charge < -0.3 is 9.73 Å². The minimum absolute atomic E-state index is 0.135. The third-order valence-corrected chi connectivity index (χ3v) is 5.80. The predicted octanol–water partition coefficient (Wildman–Crippen LogP) is 4.00. The molecule has 0 bridgehead atoms. The van der Waals surface area contributed by atoms with Crippen LogP contribution >= 0.6 is 11.8 Å². The van der Waals surface area contributed by atoms with Crippen LogP contribution in [-0.4, -0.2) is 21.2 Å². The van der Waals surface area contributed by atoms with Crippen LogP contribution in [0, 0.1) is 13.8 Å². The lowest BCUT2D eigenvalue weighted by Gasteiger charge is -2.14. The van der Waals surface area contributed by atoms with Gasteiger partial charge in [0.05, 0.1) is 35.2 Å². The van der Waals surface area contributed by atoms with Gasteiger partial charge in [-0.25, -0.2) is 4.98 Å². The van der Waals surface area contributed by atoms with Gasteiger partial charge in [-0.1, -0.05) is 30.0 Å². The molecule has 0 spiro atoms. The van der Waals surface area contributed by atoms with Crippen molar-refractivity contribution in [3.63, 3.8) is 0 Å². The second-order valence-corrected chi connectivity index (χ2v) is 7.91. The van der Waals surface area contributed by atoms with E-state index in [4.69, 9.17) is 4.42 Å². The smallest absolute Gasteiger partial charge is 0.266 e. The van der Waals surface area contributed by atoms with E-state index in [2.05, 4.69) is 10.3 Å². The highest BCUT2D eigenvalue weighted by Gasteiger charge is 2.15. The minimum Gasteiger partial charge on any atom is -0.467 e. The van der Waals surface area contributed by atoms with Crippen molar-refractivity contribution in [1.29, 1.82) is 0 Å². The molecule has 0 saturated heterocycles. The summed E-state index contributed by atoms with van der Waals surface area (Å²) >= 11 is 1.24. The molecule has 2 heterocycles. The highest BCUT2D eigenvalue weighted by Crippen LogP contribution is 2.22. The number of nitrogens with zero attached hydrogens (tertiary/aromatic N) is 2. The topological polar surface area (TPSA) is 77.1 Å². The number of furan rings is 1. The maximum Gasteiger partial charge on any atom is 0.266 e. The third kappa shape index (κ3) is 4.16. The van der Waals surface area contributed by atoms with Crippen molar-refractivity contribution >= 4 is 28.6 Å². The van der Waals surface area contributed by atoms with Crippen molar-refractivity contribution in [3.8, 4) is 5.69 Å². The Morgan fingerprint density at radius 3 is 2.70 bits per heavy atom. The number of fused-ring (bicyclic) bond motifs is 1. The highest BCUT2D eigenvalue weighted by molar-refractivity contribution is 7.99. The van der Waals surface area contributed by atoms with E-state index in [9.17, 15) is 9.59 Å². The lowest BCUT2D eigenvalue weighted by molar-refractivity contribution is -0.118. The summed E-state index contributed by atoms with van der Waals surface area (Å²) in [7, 11) is 0. The van der Waals surface area contributed by atoms with Gasteiger partial charge in [-0.15, -0.1) is 0 Å². The molecule has 1 N–H and O–H groups in total. The zero-order valence-corrected chi connectivity index (χ0v) is 17.5. The molecule has 0 aliphatic carbocycles. The lowest BCUT2D eigenvalue weighted by Crippen LogP contribution is -2.26. The number of nitrogens with one attached hydrogen (secondary N) is 1. The molecule has 0 atom stereocenters. The number of amides is 1. The first-order valence-corrected chi connectivity index (χ1v) is 10.5. The van der Waals surface area contributed by atoms with Gasteiger partial charge in [-0.3, -0.25) is 14.2 Å². The molecular weight excluding hydrogens is 398 g/mol. The maximum atomic E-state index is 13.3. The van der Waals surface area contributed by atoms with Crippen molar-refractivity contribution in [3.05, 3.63) is 88.1 Å². The summed E-state index contributed by atoms with van der Waals surface area (Å²) in [5.74, 6) is 0.658. The number of hydrogen-bond acceptors (Lipinski definition) is 5. The molecule has 0 radical (unpaired) electrons. The molecular formula is C23H21N3O3S. The Morgan fingerprint density at radius 1 is 1.10 bits per heavy atom. The quantitative estimate of drug-likeness (QED) is 0.378. The van der Waals surface area contributed by atoms with E-state index in [1.165, 1.54) is 11.8 Å². The van der Waals surface area contributed by atoms with E-state index >= 15 is 0 Å². The molecule has 0 fully saturated rings. The Kier molecular flexibility index (Phi) is 5.72. The van der Waals surface area contributed by atoms with Crippen molar-refractivity contribution in [2.24, 2.45) is 0 Å². The summed E-state index contributed by atoms with van der Waals surface area (Å²) in [6.45, 7) is 4.36. The molecule has 0 aliphatic rings. The number of para-hydroxylation sites is 1. The van der Waals surface area contributed by atoms with Crippen LogP contribution < -0.4 is 10.9 Å². The van der Waals surface area contributed by atoms with Crippen molar-refractivity contribution in [1.82, 2.24) is 14.9 Å². The fourth-order valence-corrected chi connectivity index (χ4v) is 3.92. The van der Waals surface area contributed by atoms with Crippen molar-refractivity contribution < 1.29 is 9.21 Å². The van der Waals surface area contributed by atoms with E-state index in [0.717, 1.165) is 16.8 Å². The van der Waals surface area contributed by atoms with Crippen molar-refractivity contribution in [2.75, 3.05) is 5.75 Å². The second-order valence-electron chi connectivity index (χ2n) is 6.97. The minimum atomic E-state index is -0.162. The number of carbonyl (C=O) groups excluding carboxylic acids is 1. The monoisotopic (exact) mass is 419 g/mol. The van der Waals surface area contributed by atoms with Gasteiger partial charge in [0, 0.05) is 0 Å². The van der Waals surface area contributed by atoms with Crippen LogP contribution in [0.3, 0.4) is 0 Å². The highest BCUT2D eigenvalue weighted by atomic mass is 32.2. The van der Waals surface area contributed by atoms with E-state index in [1.807, 2.05) is 50.2 Å². The predicted molar refractivity (Wildman–Crippen MR) is 118 cm³/mol. The van der Waals surface area contributed by atoms with Gasteiger partial charge in [-0.2, -0.15) is 0 Å². The summed E-state index contributed by atoms with van der Waals surface area (Å²) in [6, 6.07) is 16.7. The van der Waals surface area contributed by atoms with Gasteiger partial charge in [0.25, 0.3) is 5.56 Å². The van der Waals surface area contributed by atoms with E-state index in [0.29, 0.717) is 28.4 Å². The normalized spacial score (nSPS) is 11.0. The molecule has 4 aromatic rings. The molecule has 0 unspecified atom stereocenters. The van der Waals surface area contributed by atoms with Crippen LogP contribution in [0.1, 0.15) is 16.9 Å². The summed E-state index contributed by atoms with van der Waals surface area (Å²) < 4.78 is 6.81. The number of aryl methyl sites for hydroxylation is 2. The number of hydrogen-bond donors (Lipinski definition) is 1. The molecule has 7 heteroatoms. The van der Waals surface area contributed by atoms with Gasteiger partial charge >= 0.3 is 0 Å². The average Bonchev–Trinajstić information content (AvgIpc) is 3.27. The fourth-order valence-electron chi connectivity index (χ4n) is 3.08. The average molecular weight is 420 g/mol. The Balaban J connectivity index is 1.66. The Morgan fingerprint density at radius 2 is 1.93 bits per heavy atom. The summed E-state index contributed by atoms with van der Waals surface area (Å²) in [5, 5.41) is 3.84. The molecule has 0 aliphatic heterocycles. The lowest BCUT2D eigenvalue weighted by atomic mass is 10.1.